The van der Waals surface area contributed by atoms with Crippen LogP contribution in [0.15, 0.2) is 0 Å². The van der Waals surface area contributed by atoms with Crippen molar-refractivity contribution in [2.75, 3.05) is 0 Å². The van der Waals surface area contributed by atoms with Gasteiger partial charge in [0.2, 0.25) is 0 Å². The number of hydrogen-bond donors (Lipinski definition) is 1. The molecule has 3 unspecified atom stereocenters. The average molecular weight is 184 g/mol. The van der Waals surface area contributed by atoms with Gasteiger partial charge in [-0.05, 0) is 30.1 Å². The fraction of sp³-hybridized carbons (Fsp3) is 1.00. The lowest BCUT2D eigenvalue weighted by Crippen LogP contribution is -2.38. The molecule has 0 aromatic carbocycles. The molecule has 1 N–H and O–H groups in total. The van der Waals surface area contributed by atoms with Gasteiger partial charge in [0.25, 0.3) is 0 Å². The standard InChI is InChI=1S/C12H24O/c1-5-12(3,4)10-7-6-9(2)8-11(10)13/h9-11,13H,5-8H2,1-4H3. The van der Waals surface area contributed by atoms with Gasteiger partial charge < -0.3 is 5.11 Å². The Morgan fingerprint density at radius 2 is 1.92 bits per heavy atom. The van der Waals surface area contributed by atoms with E-state index in [4.69, 9.17) is 0 Å². The molecule has 0 aromatic rings. The molecule has 0 amide bonds. The first-order chi connectivity index (χ1) is 5.97. The van der Waals surface area contributed by atoms with E-state index in [2.05, 4.69) is 27.7 Å². The predicted molar refractivity (Wildman–Crippen MR) is 56.6 cm³/mol. The van der Waals surface area contributed by atoms with Gasteiger partial charge in [0.05, 0.1) is 6.10 Å². The van der Waals surface area contributed by atoms with Crippen LogP contribution in [-0.4, -0.2) is 11.2 Å². The van der Waals surface area contributed by atoms with Crippen LogP contribution in [0.3, 0.4) is 0 Å². The van der Waals surface area contributed by atoms with Crippen molar-refractivity contribution < 1.29 is 5.11 Å². The molecule has 1 heteroatoms. The summed E-state index contributed by atoms with van der Waals surface area (Å²) in [5.41, 5.74) is 0.319. The summed E-state index contributed by atoms with van der Waals surface area (Å²) in [4.78, 5) is 0. The second-order valence-corrected chi connectivity index (χ2v) is 5.43. The monoisotopic (exact) mass is 184 g/mol. The minimum atomic E-state index is -0.0568. The molecule has 0 aromatic heterocycles. The van der Waals surface area contributed by atoms with Gasteiger partial charge in [0.1, 0.15) is 0 Å². The molecule has 0 spiro atoms. The Morgan fingerprint density at radius 3 is 2.38 bits per heavy atom. The lowest BCUT2D eigenvalue weighted by molar-refractivity contribution is -0.0141. The van der Waals surface area contributed by atoms with Gasteiger partial charge in [0.15, 0.2) is 0 Å². The SMILES string of the molecule is CCC(C)(C)C1CCC(C)CC1O. The van der Waals surface area contributed by atoms with Crippen LogP contribution in [0.25, 0.3) is 0 Å². The van der Waals surface area contributed by atoms with Gasteiger partial charge in [-0.1, -0.05) is 40.5 Å². The van der Waals surface area contributed by atoms with Crippen molar-refractivity contribution >= 4 is 0 Å². The minimum absolute atomic E-state index is 0.0568. The smallest absolute Gasteiger partial charge is 0.0576 e. The van der Waals surface area contributed by atoms with Gasteiger partial charge in [-0.2, -0.15) is 0 Å². The van der Waals surface area contributed by atoms with Gasteiger partial charge in [-0.3, -0.25) is 0 Å². The van der Waals surface area contributed by atoms with Crippen LogP contribution < -0.4 is 0 Å². The summed E-state index contributed by atoms with van der Waals surface area (Å²) in [7, 11) is 0. The minimum Gasteiger partial charge on any atom is -0.393 e. The van der Waals surface area contributed by atoms with Crippen LogP contribution in [0.4, 0.5) is 0 Å². The van der Waals surface area contributed by atoms with Crippen molar-refractivity contribution in [1.82, 2.24) is 0 Å². The third-order valence-electron chi connectivity index (χ3n) is 3.99. The van der Waals surface area contributed by atoms with Crippen molar-refractivity contribution in [2.24, 2.45) is 17.3 Å². The van der Waals surface area contributed by atoms with Crippen LogP contribution in [0.2, 0.25) is 0 Å². The summed E-state index contributed by atoms with van der Waals surface area (Å²) in [5.74, 6) is 1.24. The van der Waals surface area contributed by atoms with E-state index in [1.807, 2.05) is 0 Å². The molecule has 0 radical (unpaired) electrons. The normalized spacial score (nSPS) is 36.2. The van der Waals surface area contributed by atoms with Crippen LogP contribution >= 0.6 is 0 Å². The highest BCUT2D eigenvalue weighted by molar-refractivity contribution is 4.87. The van der Waals surface area contributed by atoms with Gasteiger partial charge in [-0.25, -0.2) is 0 Å². The fourth-order valence-electron chi connectivity index (χ4n) is 2.52. The Morgan fingerprint density at radius 1 is 1.31 bits per heavy atom. The highest BCUT2D eigenvalue weighted by atomic mass is 16.3. The first kappa shape index (κ1) is 11.0. The van der Waals surface area contributed by atoms with Crippen molar-refractivity contribution in [2.45, 2.75) is 59.5 Å². The van der Waals surface area contributed by atoms with Gasteiger partial charge in [0, 0.05) is 0 Å². The molecule has 0 saturated heterocycles. The van der Waals surface area contributed by atoms with Crippen molar-refractivity contribution in [1.29, 1.82) is 0 Å². The first-order valence-electron chi connectivity index (χ1n) is 5.65. The topological polar surface area (TPSA) is 20.2 Å². The number of rotatable bonds is 2. The molecule has 1 aliphatic rings. The van der Waals surface area contributed by atoms with Crippen LogP contribution in [0, 0.1) is 17.3 Å². The molecule has 13 heavy (non-hydrogen) atoms. The largest absolute Gasteiger partial charge is 0.393 e. The van der Waals surface area contributed by atoms with E-state index < -0.39 is 0 Å². The zero-order valence-electron chi connectivity index (χ0n) is 9.51. The second-order valence-electron chi connectivity index (χ2n) is 5.43. The summed E-state index contributed by atoms with van der Waals surface area (Å²) in [6.45, 7) is 9.05. The second kappa shape index (κ2) is 4.00. The maximum atomic E-state index is 10.0. The van der Waals surface area contributed by atoms with E-state index in [1.54, 1.807) is 0 Å². The highest BCUT2D eigenvalue weighted by Gasteiger charge is 2.36. The molecule has 1 fully saturated rings. The molecule has 1 aliphatic carbocycles. The number of aliphatic hydroxyl groups excluding tert-OH is 1. The lowest BCUT2D eigenvalue weighted by Gasteiger charge is -2.41. The predicted octanol–water partition coefficient (Wildman–Crippen LogP) is 3.22. The molecule has 0 heterocycles. The van der Waals surface area contributed by atoms with E-state index in [-0.39, 0.29) is 6.10 Å². The summed E-state index contributed by atoms with van der Waals surface area (Å²) in [5, 5.41) is 10.0. The number of hydrogen-bond acceptors (Lipinski definition) is 1. The molecule has 1 rings (SSSR count). The molecule has 3 atom stereocenters. The summed E-state index contributed by atoms with van der Waals surface area (Å²) in [6.07, 6.45) is 4.63. The summed E-state index contributed by atoms with van der Waals surface area (Å²) >= 11 is 0. The molecule has 0 aliphatic heterocycles. The summed E-state index contributed by atoms with van der Waals surface area (Å²) in [6, 6.07) is 0. The average Bonchev–Trinajstić information content (AvgIpc) is 2.03. The summed E-state index contributed by atoms with van der Waals surface area (Å²) < 4.78 is 0. The van der Waals surface area contributed by atoms with E-state index in [0.29, 0.717) is 11.3 Å². The Kier molecular flexibility index (Phi) is 3.39. The molecule has 1 nitrogen and oxygen atoms in total. The zero-order valence-corrected chi connectivity index (χ0v) is 9.51. The van der Waals surface area contributed by atoms with Crippen molar-refractivity contribution in [3.05, 3.63) is 0 Å². The molecular formula is C12H24O. The van der Waals surface area contributed by atoms with E-state index in [9.17, 15) is 5.11 Å². The quantitative estimate of drug-likeness (QED) is 0.698. The fourth-order valence-corrected chi connectivity index (χ4v) is 2.52. The maximum Gasteiger partial charge on any atom is 0.0576 e. The third-order valence-corrected chi connectivity index (χ3v) is 3.99. The van der Waals surface area contributed by atoms with Crippen LogP contribution in [0.5, 0.6) is 0 Å². The molecule has 78 valence electrons. The molecular weight excluding hydrogens is 160 g/mol. The van der Waals surface area contributed by atoms with E-state index >= 15 is 0 Å². The molecule has 0 bridgehead atoms. The highest BCUT2D eigenvalue weighted by Crippen LogP contribution is 2.41. The Labute approximate surface area is 82.5 Å². The lowest BCUT2D eigenvalue weighted by atomic mass is 9.66. The first-order valence-corrected chi connectivity index (χ1v) is 5.65. The maximum absolute atomic E-state index is 10.0. The van der Waals surface area contributed by atoms with Crippen LogP contribution in [0.1, 0.15) is 53.4 Å². The molecule has 1 saturated carbocycles. The van der Waals surface area contributed by atoms with Crippen LogP contribution in [-0.2, 0) is 0 Å². The van der Waals surface area contributed by atoms with Gasteiger partial charge in [-0.15, -0.1) is 0 Å². The zero-order chi connectivity index (χ0) is 10.1. The Balaban J connectivity index is 2.60. The van der Waals surface area contributed by atoms with E-state index in [1.165, 1.54) is 19.3 Å². The van der Waals surface area contributed by atoms with Gasteiger partial charge >= 0.3 is 0 Å². The van der Waals surface area contributed by atoms with Crippen molar-refractivity contribution in [3.63, 3.8) is 0 Å². The Hall–Kier alpha value is -0.0400. The third kappa shape index (κ3) is 2.46. The van der Waals surface area contributed by atoms with Crippen molar-refractivity contribution in [3.8, 4) is 0 Å². The van der Waals surface area contributed by atoms with E-state index in [0.717, 1.165) is 12.3 Å². The number of aliphatic hydroxyl groups is 1. The Bertz CT molecular complexity index is 163.